The lowest BCUT2D eigenvalue weighted by Crippen LogP contribution is -2.48. The Morgan fingerprint density at radius 3 is 1.78 bits per heavy atom. The fraction of sp³-hybridized carbons (Fsp3) is 0.700. The Hall–Kier alpha value is -1.38. The van der Waals surface area contributed by atoms with Crippen molar-refractivity contribution in [1.29, 1.82) is 0 Å². The number of aromatic hydroxyl groups is 3. The first-order chi connectivity index (χ1) is 10.7. The molecule has 0 radical (unpaired) electrons. The van der Waals surface area contributed by atoms with Gasteiger partial charge in [0.05, 0.1) is 0 Å². The topological polar surface area (TPSA) is 60.7 Å². The van der Waals surface area contributed by atoms with Crippen molar-refractivity contribution in [3.05, 3.63) is 17.2 Å². The van der Waals surface area contributed by atoms with Gasteiger partial charge in [-0.3, -0.25) is 0 Å². The minimum absolute atomic E-state index is 0.0847. The van der Waals surface area contributed by atoms with Crippen LogP contribution in [0, 0.1) is 17.8 Å². The number of rotatable bonds is 1. The highest BCUT2D eigenvalue weighted by Crippen LogP contribution is 2.64. The van der Waals surface area contributed by atoms with Crippen molar-refractivity contribution in [3.8, 4) is 17.2 Å². The molecule has 0 spiro atoms. The van der Waals surface area contributed by atoms with Gasteiger partial charge in [-0.05, 0) is 67.8 Å². The maximum Gasteiger partial charge on any atom is 0.165 e. The number of phenols is 3. The molecule has 1 aromatic rings. The average molecular weight is 316 g/mol. The van der Waals surface area contributed by atoms with Crippen molar-refractivity contribution in [1.82, 2.24) is 0 Å². The smallest absolute Gasteiger partial charge is 0.165 e. The molecule has 3 nitrogen and oxygen atoms in total. The summed E-state index contributed by atoms with van der Waals surface area (Å²) in [7, 11) is 0. The van der Waals surface area contributed by atoms with Crippen molar-refractivity contribution in [3.63, 3.8) is 0 Å². The predicted molar refractivity (Wildman–Crippen MR) is 90.0 cm³/mol. The molecule has 4 bridgehead atoms. The van der Waals surface area contributed by atoms with Gasteiger partial charge in [0.2, 0.25) is 0 Å². The summed E-state index contributed by atoms with van der Waals surface area (Å²) in [6.07, 6.45) is 7.08. The van der Waals surface area contributed by atoms with Gasteiger partial charge in [-0.25, -0.2) is 0 Å². The van der Waals surface area contributed by atoms with E-state index in [1.165, 1.54) is 25.3 Å². The van der Waals surface area contributed by atoms with Gasteiger partial charge in [0.1, 0.15) is 5.75 Å². The maximum absolute atomic E-state index is 11.0. The predicted octanol–water partition coefficient (Wildman–Crippen LogP) is 4.57. The Labute approximate surface area is 138 Å². The molecule has 0 unspecified atom stereocenters. The van der Waals surface area contributed by atoms with Gasteiger partial charge in [-0.15, -0.1) is 0 Å². The summed E-state index contributed by atoms with van der Waals surface area (Å²) in [6, 6.07) is 1.54. The van der Waals surface area contributed by atoms with E-state index in [0.717, 1.165) is 42.6 Å². The van der Waals surface area contributed by atoms with Crippen molar-refractivity contribution in [2.45, 2.75) is 70.1 Å². The van der Waals surface area contributed by atoms with Crippen LogP contribution in [0.4, 0.5) is 0 Å². The molecule has 0 aliphatic heterocycles. The van der Waals surface area contributed by atoms with E-state index in [0.29, 0.717) is 5.56 Å². The van der Waals surface area contributed by atoms with Gasteiger partial charge in [-0.2, -0.15) is 0 Å². The Bertz CT molecular complexity index is 619. The van der Waals surface area contributed by atoms with Crippen LogP contribution in [0.1, 0.15) is 70.4 Å². The number of benzene rings is 1. The zero-order valence-electron chi connectivity index (χ0n) is 14.4. The normalized spacial score (nSPS) is 35.7. The number of hydrogen-bond donors (Lipinski definition) is 3. The summed E-state index contributed by atoms with van der Waals surface area (Å²) in [4.78, 5) is 0. The lowest BCUT2D eigenvalue weighted by molar-refractivity contribution is -0.00735. The highest BCUT2D eigenvalue weighted by atomic mass is 16.3. The van der Waals surface area contributed by atoms with Crippen molar-refractivity contribution >= 4 is 0 Å². The van der Waals surface area contributed by atoms with E-state index in [-0.39, 0.29) is 28.1 Å². The van der Waals surface area contributed by atoms with E-state index in [1.807, 2.05) is 20.8 Å². The summed E-state index contributed by atoms with van der Waals surface area (Å²) in [5.41, 5.74) is 0.966. The summed E-state index contributed by atoms with van der Waals surface area (Å²) < 4.78 is 0. The van der Waals surface area contributed by atoms with Crippen LogP contribution in [0.25, 0.3) is 0 Å². The van der Waals surface area contributed by atoms with E-state index in [9.17, 15) is 15.3 Å². The van der Waals surface area contributed by atoms with Crippen LogP contribution in [0.5, 0.6) is 17.2 Å². The molecule has 4 aliphatic carbocycles. The molecule has 0 saturated heterocycles. The Morgan fingerprint density at radius 2 is 1.35 bits per heavy atom. The van der Waals surface area contributed by atoms with E-state index in [4.69, 9.17) is 0 Å². The highest BCUT2D eigenvalue weighted by Gasteiger charge is 2.54. The first kappa shape index (κ1) is 15.2. The van der Waals surface area contributed by atoms with Crippen LogP contribution in [0.3, 0.4) is 0 Å². The Morgan fingerprint density at radius 1 is 0.870 bits per heavy atom. The Kier molecular flexibility index (Phi) is 3.02. The molecule has 1 aromatic carbocycles. The third-order valence-corrected chi connectivity index (χ3v) is 6.63. The van der Waals surface area contributed by atoms with Crippen molar-refractivity contribution in [2.75, 3.05) is 0 Å². The zero-order valence-corrected chi connectivity index (χ0v) is 14.4. The molecule has 0 heterocycles. The SMILES string of the molecule is CC(C)(C)c1cc(O)c(O)c(C23CC4CC(CC(C4)C2)C3)c1O. The van der Waals surface area contributed by atoms with Crippen LogP contribution >= 0.6 is 0 Å². The van der Waals surface area contributed by atoms with Crippen molar-refractivity contribution < 1.29 is 15.3 Å². The van der Waals surface area contributed by atoms with E-state index >= 15 is 0 Å². The zero-order chi connectivity index (χ0) is 16.6. The third kappa shape index (κ3) is 2.15. The van der Waals surface area contributed by atoms with Gasteiger partial charge >= 0.3 is 0 Å². The van der Waals surface area contributed by atoms with Gasteiger partial charge < -0.3 is 15.3 Å². The quantitative estimate of drug-likeness (QED) is 0.525. The molecule has 23 heavy (non-hydrogen) atoms. The van der Waals surface area contributed by atoms with Gasteiger partial charge in [0.15, 0.2) is 11.5 Å². The molecular weight excluding hydrogens is 288 g/mol. The maximum atomic E-state index is 11.0. The third-order valence-electron chi connectivity index (χ3n) is 6.63. The second kappa shape index (κ2) is 4.58. The minimum Gasteiger partial charge on any atom is -0.507 e. The molecule has 4 saturated carbocycles. The second-order valence-electron chi connectivity index (χ2n) is 9.46. The molecule has 3 N–H and O–H groups in total. The van der Waals surface area contributed by atoms with E-state index < -0.39 is 0 Å². The molecule has 4 fully saturated rings. The van der Waals surface area contributed by atoms with Gasteiger partial charge in [-0.1, -0.05) is 20.8 Å². The van der Waals surface area contributed by atoms with Crippen LogP contribution in [-0.4, -0.2) is 15.3 Å². The molecular formula is C20H28O3. The highest BCUT2D eigenvalue weighted by molar-refractivity contribution is 5.61. The second-order valence-corrected chi connectivity index (χ2v) is 9.46. The minimum atomic E-state index is -0.272. The van der Waals surface area contributed by atoms with Gasteiger partial charge in [0, 0.05) is 16.5 Å². The molecule has 5 rings (SSSR count). The van der Waals surface area contributed by atoms with Crippen LogP contribution in [0.2, 0.25) is 0 Å². The molecule has 0 atom stereocenters. The van der Waals surface area contributed by atoms with E-state index in [2.05, 4.69) is 0 Å². The Balaban J connectivity index is 1.90. The molecule has 0 aromatic heterocycles. The molecule has 0 amide bonds. The standard InChI is InChI=1S/C20H28O3/c1-19(2,3)14-7-15(21)18(23)16(17(14)22)20-8-11-4-12(9-20)6-13(5-11)10-20/h7,11-13,21-23H,4-6,8-10H2,1-3H3. The fourth-order valence-corrected chi connectivity index (χ4v) is 6.14. The van der Waals surface area contributed by atoms with Crippen LogP contribution in [-0.2, 0) is 10.8 Å². The van der Waals surface area contributed by atoms with E-state index in [1.54, 1.807) is 0 Å². The summed E-state index contributed by atoms with van der Waals surface area (Å²) in [5.74, 6) is 2.21. The van der Waals surface area contributed by atoms with Gasteiger partial charge in [0.25, 0.3) is 0 Å². The number of hydrogen-bond acceptors (Lipinski definition) is 3. The lowest BCUT2D eigenvalue weighted by atomic mass is 9.47. The summed E-state index contributed by atoms with van der Waals surface area (Å²) in [6.45, 7) is 6.09. The first-order valence-electron chi connectivity index (χ1n) is 8.98. The molecule has 126 valence electrons. The van der Waals surface area contributed by atoms with Crippen molar-refractivity contribution in [2.24, 2.45) is 17.8 Å². The largest absolute Gasteiger partial charge is 0.507 e. The molecule has 4 aliphatic rings. The first-order valence-corrected chi connectivity index (χ1v) is 8.98. The monoisotopic (exact) mass is 316 g/mol. The number of phenolic OH excluding ortho intramolecular Hbond substituents is 3. The summed E-state index contributed by atoms with van der Waals surface area (Å²) in [5, 5.41) is 31.9. The lowest BCUT2D eigenvalue weighted by Gasteiger charge is -2.57. The summed E-state index contributed by atoms with van der Waals surface area (Å²) >= 11 is 0. The van der Waals surface area contributed by atoms with Crippen LogP contribution in [0.15, 0.2) is 6.07 Å². The fourth-order valence-electron chi connectivity index (χ4n) is 6.14. The molecule has 3 heteroatoms. The van der Waals surface area contributed by atoms with Crippen LogP contribution < -0.4 is 0 Å². The average Bonchev–Trinajstić information content (AvgIpc) is 2.40.